The van der Waals surface area contributed by atoms with E-state index in [-0.39, 0.29) is 22.7 Å². The Morgan fingerprint density at radius 3 is 2.57 bits per heavy atom. The van der Waals surface area contributed by atoms with Gasteiger partial charge in [0.2, 0.25) is 0 Å². The van der Waals surface area contributed by atoms with Gasteiger partial charge in [-0.05, 0) is 48.3 Å². The molecule has 4 aliphatic rings. The Hall–Kier alpha value is -0.660. The van der Waals surface area contributed by atoms with E-state index < -0.39 is 0 Å². The minimum absolute atomic E-state index is 0.0146. The fourth-order valence-electron chi connectivity index (χ4n) is 6.94. The summed E-state index contributed by atoms with van der Waals surface area (Å²) in [6.45, 7) is 4.60. The summed E-state index contributed by atoms with van der Waals surface area (Å²) in [6, 6.07) is 0. The molecule has 0 aromatic rings. The van der Waals surface area contributed by atoms with Crippen molar-refractivity contribution in [3.05, 3.63) is 0 Å². The van der Waals surface area contributed by atoms with Crippen molar-refractivity contribution in [3.63, 3.8) is 0 Å². The third-order valence-electron chi connectivity index (χ3n) is 7.82. The molecule has 116 valence electrons. The van der Waals surface area contributed by atoms with Crippen molar-refractivity contribution >= 4 is 11.6 Å². The van der Waals surface area contributed by atoms with Crippen molar-refractivity contribution in [2.45, 2.75) is 71.6 Å². The normalized spacial score (nSPS) is 53.0. The van der Waals surface area contributed by atoms with Crippen molar-refractivity contribution in [1.29, 1.82) is 0 Å². The molecule has 4 saturated carbocycles. The van der Waals surface area contributed by atoms with Crippen LogP contribution in [0.3, 0.4) is 0 Å². The van der Waals surface area contributed by atoms with Crippen molar-refractivity contribution in [2.24, 2.45) is 34.5 Å². The molecule has 0 radical (unpaired) electrons. The van der Waals surface area contributed by atoms with Crippen LogP contribution in [-0.4, -0.2) is 11.6 Å². The summed E-state index contributed by atoms with van der Waals surface area (Å²) in [5, 5.41) is 0. The van der Waals surface area contributed by atoms with E-state index in [4.69, 9.17) is 0 Å². The van der Waals surface area contributed by atoms with E-state index in [2.05, 4.69) is 13.8 Å². The van der Waals surface area contributed by atoms with Gasteiger partial charge >= 0.3 is 0 Å². The topological polar surface area (TPSA) is 34.1 Å². The molecule has 0 saturated heterocycles. The number of hydrogen-bond donors (Lipinski definition) is 0. The molecular weight excluding hydrogens is 260 g/mol. The molecule has 4 rings (SSSR count). The fourth-order valence-corrected chi connectivity index (χ4v) is 6.94. The van der Waals surface area contributed by atoms with Gasteiger partial charge in [0.25, 0.3) is 0 Å². The zero-order chi connectivity index (χ0) is 14.8. The summed E-state index contributed by atoms with van der Waals surface area (Å²) in [5.74, 6) is 2.36. The first-order valence-electron chi connectivity index (χ1n) is 9.01. The number of hydrogen-bond acceptors (Lipinski definition) is 2. The number of carbonyl (C=O) groups excluding carboxylic acids is 2. The third kappa shape index (κ3) is 1.77. The summed E-state index contributed by atoms with van der Waals surface area (Å²) in [7, 11) is 0. The largest absolute Gasteiger partial charge is 0.299 e. The maximum atomic E-state index is 13.0. The van der Waals surface area contributed by atoms with E-state index >= 15 is 0 Å². The van der Waals surface area contributed by atoms with Gasteiger partial charge in [-0.3, -0.25) is 9.59 Å². The van der Waals surface area contributed by atoms with Crippen LogP contribution in [0.2, 0.25) is 0 Å². The molecule has 0 spiro atoms. The summed E-state index contributed by atoms with van der Waals surface area (Å²) >= 11 is 0. The maximum absolute atomic E-state index is 13.0. The quantitative estimate of drug-likeness (QED) is 0.670. The number of fused-ring (bicyclic) bond motifs is 5. The molecule has 0 unspecified atom stereocenters. The smallest absolute Gasteiger partial charge is 0.137 e. The van der Waals surface area contributed by atoms with E-state index in [1.165, 1.54) is 32.1 Å². The predicted molar refractivity (Wildman–Crippen MR) is 81.7 cm³/mol. The van der Waals surface area contributed by atoms with Crippen molar-refractivity contribution in [2.75, 3.05) is 0 Å². The number of ketones is 2. The lowest BCUT2D eigenvalue weighted by Gasteiger charge is -2.58. The van der Waals surface area contributed by atoms with Crippen LogP contribution in [0.4, 0.5) is 0 Å². The number of carbonyl (C=O) groups is 2. The van der Waals surface area contributed by atoms with Gasteiger partial charge in [-0.2, -0.15) is 0 Å². The molecule has 6 atom stereocenters. The van der Waals surface area contributed by atoms with Crippen LogP contribution in [0.1, 0.15) is 71.6 Å². The average Bonchev–Trinajstić information content (AvgIpc) is 2.79. The molecule has 0 N–H and O–H groups in total. The van der Waals surface area contributed by atoms with Gasteiger partial charge in [0.15, 0.2) is 0 Å². The van der Waals surface area contributed by atoms with E-state index in [0.717, 1.165) is 19.3 Å². The van der Waals surface area contributed by atoms with Gasteiger partial charge in [-0.25, -0.2) is 0 Å². The van der Waals surface area contributed by atoms with Crippen molar-refractivity contribution in [1.82, 2.24) is 0 Å². The fraction of sp³-hybridized carbons (Fsp3) is 0.895. The maximum Gasteiger partial charge on any atom is 0.137 e. The van der Waals surface area contributed by atoms with Crippen LogP contribution >= 0.6 is 0 Å². The second-order valence-corrected chi connectivity index (χ2v) is 8.91. The first kappa shape index (κ1) is 14.0. The molecule has 0 aliphatic heterocycles. The lowest BCUT2D eigenvalue weighted by Crippen LogP contribution is -2.58. The molecule has 2 nitrogen and oxygen atoms in total. The van der Waals surface area contributed by atoms with E-state index in [0.29, 0.717) is 29.8 Å². The van der Waals surface area contributed by atoms with Gasteiger partial charge < -0.3 is 0 Å². The van der Waals surface area contributed by atoms with Crippen LogP contribution in [0.15, 0.2) is 0 Å². The molecule has 4 aliphatic carbocycles. The van der Waals surface area contributed by atoms with Crippen LogP contribution in [0.25, 0.3) is 0 Å². The zero-order valence-electron chi connectivity index (χ0n) is 13.5. The highest BCUT2D eigenvalue weighted by atomic mass is 16.1. The second kappa shape index (κ2) is 4.43. The Balaban J connectivity index is 1.76. The Bertz CT molecular complexity index is 496. The predicted octanol–water partition coefficient (Wildman–Crippen LogP) is 4.17. The minimum Gasteiger partial charge on any atom is -0.299 e. The van der Waals surface area contributed by atoms with Crippen molar-refractivity contribution in [3.8, 4) is 0 Å². The van der Waals surface area contributed by atoms with Crippen LogP contribution in [0, 0.1) is 34.5 Å². The molecular formula is C19H28O2. The van der Waals surface area contributed by atoms with Crippen molar-refractivity contribution < 1.29 is 9.59 Å². The lowest BCUT2D eigenvalue weighted by molar-refractivity contribution is -0.162. The van der Waals surface area contributed by atoms with Gasteiger partial charge in [-0.1, -0.05) is 33.1 Å². The Kier molecular flexibility index (Phi) is 2.94. The first-order chi connectivity index (χ1) is 9.96. The minimum atomic E-state index is -0.0146. The molecule has 0 aromatic heterocycles. The Morgan fingerprint density at radius 1 is 0.952 bits per heavy atom. The summed E-state index contributed by atoms with van der Waals surface area (Å²) in [6.07, 6.45) is 9.71. The monoisotopic (exact) mass is 288 g/mol. The lowest BCUT2D eigenvalue weighted by atomic mass is 9.45. The first-order valence-corrected chi connectivity index (χ1v) is 9.01. The Morgan fingerprint density at radius 2 is 1.76 bits per heavy atom. The molecule has 0 bridgehead atoms. The van der Waals surface area contributed by atoms with E-state index in [1.807, 2.05) is 0 Å². The highest BCUT2D eigenvalue weighted by Gasteiger charge is 2.62. The average molecular weight is 288 g/mol. The highest BCUT2D eigenvalue weighted by Crippen LogP contribution is 2.64. The van der Waals surface area contributed by atoms with Gasteiger partial charge in [0.05, 0.1) is 0 Å². The molecule has 0 amide bonds. The molecule has 0 heterocycles. The van der Waals surface area contributed by atoms with Crippen LogP contribution in [0.5, 0.6) is 0 Å². The van der Waals surface area contributed by atoms with Crippen LogP contribution in [-0.2, 0) is 9.59 Å². The van der Waals surface area contributed by atoms with Gasteiger partial charge in [0.1, 0.15) is 11.6 Å². The Labute approximate surface area is 128 Å². The third-order valence-corrected chi connectivity index (χ3v) is 7.82. The SMILES string of the molecule is C[C@]12CCC[C@@H]1[C@@H]1CC(=O)[C@H]3CCCC[C@]3(C)[C@@H]1C(=O)C2. The molecule has 2 heteroatoms. The van der Waals surface area contributed by atoms with Crippen LogP contribution < -0.4 is 0 Å². The highest BCUT2D eigenvalue weighted by molar-refractivity contribution is 5.90. The van der Waals surface area contributed by atoms with E-state index in [9.17, 15) is 9.59 Å². The standard InChI is InChI=1S/C19H28O2/c1-18-8-5-7-13(18)12-10-15(20)14-6-3-4-9-19(14,2)17(12)16(21)11-18/h12-14,17H,3-11H2,1-2H3/t12-,13+,14+,17-,18+,19-/m0/s1. The molecule has 21 heavy (non-hydrogen) atoms. The number of rotatable bonds is 0. The summed E-state index contributed by atoms with van der Waals surface area (Å²) in [5.41, 5.74) is 0.190. The molecule has 4 fully saturated rings. The second-order valence-electron chi connectivity index (χ2n) is 8.91. The van der Waals surface area contributed by atoms with Gasteiger partial charge in [0, 0.05) is 24.7 Å². The summed E-state index contributed by atoms with van der Waals surface area (Å²) in [4.78, 5) is 25.8. The zero-order valence-corrected chi connectivity index (χ0v) is 13.5. The van der Waals surface area contributed by atoms with Gasteiger partial charge in [-0.15, -0.1) is 0 Å². The molecule has 0 aromatic carbocycles. The number of Topliss-reactive ketones (excluding diaryl/α,β-unsaturated/α-hetero) is 2. The summed E-state index contributed by atoms with van der Waals surface area (Å²) < 4.78 is 0. The van der Waals surface area contributed by atoms with E-state index in [1.54, 1.807) is 0 Å².